The Labute approximate surface area is 147 Å². The number of benzene rings is 2. The summed E-state index contributed by atoms with van der Waals surface area (Å²) in [4.78, 5) is 13.1. The molecule has 0 amide bonds. The molecule has 0 fully saturated rings. The van der Waals surface area contributed by atoms with E-state index in [-0.39, 0.29) is 5.78 Å². The third-order valence-electron chi connectivity index (χ3n) is 4.42. The number of rotatable bonds is 6. The zero-order valence-corrected chi connectivity index (χ0v) is 15.3. The molecule has 0 N–H and O–H groups in total. The lowest BCUT2D eigenvalue weighted by molar-refractivity contribution is 0.103. The van der Waals surface area contributed by atoms with Crippen LogP contribution in [0.1, 0.15) is 47.3 Å². The van der Waals surface area contributed by atoms with Crippen LogP contribution in [0.3, 0.4) is 0 Å². The van der Waals surface area contributed by atoms with Crippen LogP contribution in [-0.4, -0.2) is 16.1 Å². The van der Waals surface area contributed by atoms with Crippen LogP contribution < -0.4 is 0 Å². The highest BCUT2D eigenvalue weighted by atomic mass is 32.2. The first-order chi connectivity index (χ1) is 11.7. The summed E-state index contributed by atoms with van der Waals surface area (Å²) in [6, 6.07) is 17.8. The van der Waals surface area contributed by atoms with E-state index in [4.69, 9.17) is 0 Å². The number of hydrogen-bond acceptors (Lipinski definition) is 2. The van der Waals surface area contributed by atoms with Crippen molar-refractivity contribution in [3.63, 3.8) is 0 Å². The number of carbonyl (C=O) groups is 1. The molecule has 3 rings (SSSR count). The van der Waals surface area contributed by atoms with Crippen LogP contribution in [0.5, 0.6) is 0 Å². The van der Waals surface area contributed by atoms with Crippen LogP contribution in [0, 0.1) is 6.92 Å². The quantitative estimate of drug-likeness (QED) is 0.527. The van der Waals surface area contributed by atoms with Gasteiger partial charge < -0.3 is 4.57 Å². The SMILES string of the molecule is CCSC(CC)n1c(C)c(C(=O)c2ccccc2)c2ccccc21. The van der Waals surface area contributed by atoms with Crippen LogP contribution in [-0.2, 0) is 0 Å². The second-order valence-electron chi connectivity index (χ2n) is 5.86. The Balaban J connectivity index is 2.22. The van der Waals surface area contributed by atoms with Crippen LogP contribution in [0.25, 0.3) is 10.9 Å². The van der Waals surface area contributed by atoms with E-state index in [1.54, 1.807) is 0 Å². The number of carbonyl (C=O) groups excluding carboxylic acids is 1. The van der Waals surface area contributed by atoms with Crippen molar-refractivity contribution in [1.29, 1.82) is 0 Å². The Morgan fingerprint density at radius 1 is 1.04 bits per heavy atom. The van der Waals surface area contributed by atoms with Crippen molar-refractivity contribution in [3.8, 4) is 0 Å². The molecule has 1 aromatic heterocycles. The van der Waals surface area contributed by atoms with Crippen molar-refractivity contribution < 1.29 is 4.79 Å². The molecule has 24 heavy (non-hydrogen) atoms. The van der Waals surface area contributed by atoms with Gasteiger partial charge in [-0.25, -0.2) is 0 Å². The van der Waals surface area contributed by atoms with Crippen LogP contribution in [0.15, 0.2) is 54.6 Å². The Morgan fingerprint density at radius 3 is 2.38 bits per heavy atom. The summed E-state index contributed by atoms with van der Waals surface area (Å²) >= 11 is 1.93. The second kappa shape index (κ2) is 7.27. The minimum Gasteiger partial charge on any atom is -0.332 e. The van der Waals surface area contributed by atoms with Crippen LogP contribution >= 0.6 is 11.8 Å². The van der Waals surface area contributed by atoms with E-state index in [2.05, 4.69) is 43.5 Å². The number of ketones is 1. The molecule has 3 heteroatoms. The molecule has 3 aromatic rings. The predicted octanol–water partition coefficient (Wildman–Crippen LogP) is 5.84. The second-order valence-corrected chi connectivity index (χ2v) is 7.32. The highest BCUT2D eigenvalue weighted by Crippen LogP contribution is 2.36. The van der Waals surface area contributed by atoms with Crippen molar-refractivity contribution in [2.75, 3.05) is 5.75 Å². The molecule has 0 aliphatic rings. The van der Waals surface area contributed by atoms with Gasteiger partial charge in [0.2, 0.25) is 0 Å². The Hall–Kier alpha value is -2.00. The van der Waals surface area contributed by atoms with Gasteiger partial charge in [0.1, 0.15) is 0 Å². The molecule has 0 aliphatic carbocycles. The van der Waals surface area contributed by atoms with Crippen LogP contribution in [0.4, 0.5) is 0 Å². The Kier molecular flexibility index (Phi) is 5.10. The van der Waals surface area contributed by atoms with E-state index in [0.29, 0.717) is 5.37 Å². The lowest BCUT2D eigenvalue weighted by Crippen LogP contribution is -2.09. The van der Waals surface area contributed by atoms with Crippen molar-refractivity contribution in [3.05, 3.63) is 71.4 Å². The van der Waals surface area contributed by atoms with E-state index in [0.717, 1.165) is 39.9 Å². The number of nitrogens with zero attached hydrogens (tertiary/aromatic N) is 1. The molecule has 0 saturated carbocycles. The van der Waals surface area contributed by atoms with E-state index in [1.807, 2.05) is 48.2 Å². The fraction of sp³-hybridized carbons (Fsp3) is 0.286. The Bertz CT molecular complexity index is 851. The first kappa shape index (κ1) is 16.8. The van der Waals surface area contributed by atoms with Gasteiger partial charge in [0.25, 0.3) is 0 Å². The first-order valence-electron chi connectivity index (χ1n) is 8.49. The minimum absolute atomic E-state index is 0.111. The number of fused-ring (bicyclic) bond motifs is 1. The van der Waals surface area contributed by atoms with Gasteiger partial charge in [-0.15, -0.1) is 11.8 Å². The summed E-state index contributed by atoms with van der Waals surface area (Å²) in [5.41, 5.74) is 3.81. The summed E-state index contributed by atoms with van der Waals surface area (Å²) in [6.07, 6.45) is 1.04. The zero-order valence-electron chi connectivity index (χ0n) is 14.5. The average Bonchev–Trinajstić information content (AvgIpc) is 2.92. The molecule has 2 nitrogen and oxygen atoms in total. The van der Waals surface area contributed by atoms with Gasteiger partial charge in [-0.05, 0) is 25.2 Å². The topological polar surface area (TPSA) is 22.0 Å². The molecule has 0 saturated heterocycles. The molecular formula is C21H23NOS. The fourth-order valence-corrected chi connectivity index (χ4v) is 4.39. The number of hydrogen-bond donors (Lipinski definition) is 0. The van der Waals surface area contributed by atoms with Gasteiger partial charge in [0, 0.05) is 22.2 Å². The van der Waals surface area contributed by atoms with Crippen molar-refractivity contribution in [2.24, 2.45) is 0 Å². The van der Waals surface area contributed by atoms with E-state index in [9.17, 15) is 4.79 Å². The van der Waals surface area contributed by atoms with Gasteiger partial charge in [-0.1, -0.05) is 62.4 Å². The zero-order chi connectivity index (χ0) is 17.1. The first-order valence-corrected chi connectivity index (χ1v) is 9.54. The molecule has 1 heterocycles. The third-order valence-corrected chi connectivity index (χ3v) is 5.68. The molecule has 0 bridgehead atoms. The lowest BCUT2D eigenvalue weighted by atomic mass is 10.0. The highest BCUT2D eigenvalue weighted by molar-refractivity contribution is 7.99. The third kappa shape index (κ3) is 2.89. The van der Waals surface area contributed by atoms with E-state index >= 15 is 0 Å². The van der Waals surface area contributed by atoms with Gasteiger partial charge in [-0.3, -0.25) is 4.79 Å². The monoisotopic (exact) mass is 337 g/mol. The van der Waals surface area contributed by atoms with Gasteiger partial charge in [-0.2, -0.15) is 0 Å². The highest BCUT2D eigenvalue weighted by Gasteiger charge is 2.23. The summed E-state index contributed by atoms with van der Waals surface area (Å²) in [5, 5.41) is 1.41. The van der Waals surface area contributed by atoms with Gasteiger partial charge >= 0.3 is 0 Å². The smallest absolute Gasteiger partial charge is 0.195 e. The molecule has 0 radical (unpaired) electrons. The largest absolute Gasteiger partial charge is 0.332 e. The number of aromatic nitrogens is 1. The molecule has 0 spiro atoms. The predicted molar refractivity (Wildman–Crippen MR) is 104 cm³/mol. The normalized spacial score (nSPS) is 12.5. The van der Waals surface area contributed by atoms with E-state index < -0.39 is 0 Å². The fourth-order valence-electron chi connectivity index (χ4n) is 3.35. The van der Waals surface area contributed by atoms with Crippen molar-refractivity contribution in [1.82, 2.24) is 4.57 Å². The maximum absolute atomic E-state index is 13.1. The van der Waals surface area contributed by atoms with Gasteiger partial charge in [0.15, 0.2) is 5.78 Å². The Morgan fingerprint density at radius 2 is 1.71 bits per heavy atom. The molecule has 0 aliphatic heterocycles. The van der Waals surface area contributed by atoms with Crippen molar-refractivity contribution >= 4 is 28.4 Å². The van der Waals surface area contributed by atoms with Gasteiger partial charge in [0.05, 0.1) is 10.9 Å². The molecule has 2 aromatic carbocycles. The van der Waals surface area contributed by atoms with E-state index in [1.165, 1.54) is 0 Å². The summed E-state index contributed by atoms with van der Waals surface area (Å²) in [5.74, 6) is 1.17. The number of para-hydroxylation sites is 1. The maximum Gasteiger partial charge on any atom is 0.195 e. The lowest BCUT2D eigenvalue weighted by Gasteiger charge is -2.19. The average molecular weight is 337 g/mol. The molecule has 124 valence electrons. The molecule has 1 unspecified atom stereocenters. The summed E-state index contributed by atoms with van der Waals surface area (Å²) in [7, 11) is 0. The standard InChI is InChI=1S/C21H23NOS/c1-4-19(24-5-2)22-15(3)20(17-13-9-10-14-18(17)22)21(23)16-11-7-6-8-12-16/h6-14,19H,4-5H2,1-3H3. The van der Waals surface area contributed by atoms with Crippen molar-refractivity contribution in [2.45, 2.75) is 32.6 Å². The van der Waals surface area contributed by atoms with Crippen LogP contribution in [0.2, 0.25) is 0 Å². The molecule has 1 atom stereocenters. The molecular weight excluding hydrogens is 314 g/mol. The summed E-state index contributed by atoms with van der Waals surface area (Å²) in [6.45, 7) is 6.47. The number of thioether (sulfide) groups is 1. The minimum atomic E-state index is 0.111. The maximum atomic E-state index is 13.1. The summed E-state index contributed by atoms with van der Waals surface area (Å²) < 4.78 is 2.35.